The number of alkyl halides is 3. The van der Waals surface area contributed by atoms with Gasteiger partial charge in [0.25, 0.3) is 5.91 Å². The first-order valence-corrected chi connectivity index (χ1v) is 9.68. The Bertz CT molecular complexity index is 892. The van der Waals surface area contributed by atoms with Crippen LogP contribution in [0.2, 0.25) is 0 Å². The van der Waals surface area contributed by atoms with Gasteiger partial charge in [0.2, 0.25) is 0 Å². The lowest BCUT2D eigenvalue weighted by Crippen LogP contribution is -2.37. The second kappa shape index (κ2) is 8.83. The van der Waals surface area contributed by atoms with Gasteiger partial charge in [0.1, 0.15) is 4.88 Å². The van der Waals surface area contributed by atoms with Gasteiger partial charge in [-0.3, -0.25) is 4.79 Å². The molecule has 3 rings (SSSR count). The number of rotatable bonds is 5. The van der Waals surface area contributed by atoms with Crippen LogP contribution in [0.1, 0.15) is 20.8 Å². The van der Waals surface area contributed by atoms with Crippen LogP contribution in [0.15, 0.2) is 29.6 Å². The number of nitrogens with zero attached hydrogens (tertiary/aromatic N) is 1. The molecule has 1 N–H and O–H groups in total. The molecule has 2 heterocycles. The van der Waals surface area contributed by atoms with Crippen LogP contribution in [0.25, 0.3) is 0 Å². The standard InChI is InChI=1S/C19H19F3N2O4S/c1-12-4-9-29-17(12)18(26)28-11-16(25)23-14-10-13(19(20,21)22)2-3-15(14)24-5-7-27-8-6-24/h2-4,9-10H,5-8,11H2,1H3,(H,23,25). The van der Waals surface area contributed by atoms with E-state index in [9.17, 15) is 22.8 Å². The average molecular weight is 428 g/mol. The van der Waals surface area contributed by atoms with Crippen molar-refractivity contribution in [3.05, 3.63) is 45.6 Å². The van der Waals surface area contributed by atoms with E-state index in [-0.39, 0.29) is 5.69 Å². The highest BCUT2D eigenvalue weighted by molar-refractivity contribution is 7.12. The summed E-state index contributed by atoms with van der Waals surface area (Å²) in [4.78, 5) is 26.5. The van der Waals surface area contributed by atoms with Crippen molar-refractivity contribution in [1.82, 2.24) is 0 Å². The monoisotopic (exact) mass is 428 g/mol. The van der Waals surface area contributed by atoms with Gasteiger partial charge >= 0.3 is 12.1 Å². The molecule has 0 bridgehead atoms. The topological polar surface area (TPSA) is 67.9 Å². The fourth-order valence-corrected chi connectivity index (χ4v) is 3.67. The third-order valence-electron chi connectivity index (χ3n) is 4.33. The van der Waals surface area contributed by atoms with E-state index in [2.05, 4.69) is 5.32 Å². The number of aryl methyl sites for hydroxylation is 1. The van der Waals surface area contributed by atoms with Crippen LogP contribution in [0, 0.1) is 6.92 Å². The number of benzene rings is 1. The van der Waals surface area contributed by atoms with Gasteiger partial charge in [-0.15, -0.1) is 11.3 Å². The maximum Gasteiger partial charge on any atom is 0.416 e. The lowest BCUT2D eigenvalue weighted by atomic mass is 10.1. The molecular weight excluding hydrogens is 409 g/mol. The fourth-order valence-electron chi connectivity index (χ4n) is 2.86. The van der Waals surface area contributed by atoms with E-state index < -0.39 is 30.2 Å². The molecule has 1 aliphatic heterocycles. The summed E-state index contributed by atoms with van der Waals surface area (Å²) >= 11 is 1.19. The Morgan fingerprint density at radius 1 is 1.24 bits per heavy atom. The molecule has 1 saturated heterocycles. The molecule has 1 amide bonds. The van der Waals surface area contributed by atoms with Gasteiger partial charge in [-0.25, -0.2) is 4.79 Å². The molecule has 0 unspecified atom stereocenters. The van der Waals surface area contributed by atoms with Crippen molar-refractivity contribution in [2.45, 2.75) is 13.1 Å². The van der Waals surface area contributed by atoms with Crippen molar-refractivity contribution in [3.63, 3.8) is 0 Å². The van der Waals surface area contributed by atoms with E-state index in [1.165, 1.54) is 17.4 Å². The second-order valence-electron chi connectivity index (χ2n) is 6.39. The van der Waals surface area contributed by atoms with Gasteiger partial charge in [0, 0.05) is 13.1 Å². The van der Waals surface area contributed by atoms with Crippen molar-refractivity contribution in [2.24, 2.45) is 0 Å². The lowest BCUT2D eigenvalue weighted by Gasteiger charge is -2.31. The summed E-state index contributed by atoms with van der Waals surface area (Å²) in [5, 5.41) is 4.17. The number of hydrogen-bond acceptors (Lipinski definition) is 6. The quantitative estimate of drug-likeness (QED) is 0.736. The number of amides is 1. The first kappa shape index (κ1) is 21.1. The Hall–Kier alpha value is -2.59. The normalized spacial score (nSPS) is 14.6. The van der Waals surface area contributed by atoms with Crippen LogP contribution < -0.4 is 10.2 Å². The SMILES string of the molecule is Cc1ccsc1C(=O)OCC(=O)Nc1cc(C(F)(F)F)ccc1N1CCOCC1. The molecule has 1 aromatic carbocycles. The van der Waals surface area contributed by atoms with Crippen molar-refractivity contribution < 1.29 is 32.2 Å². The number of hydrogen-bond donors (Lipinski definition) is 1. The Kier molecular flexibility index (Phi) is 6.43. The number of halogens is 3. The number of morpholine rings is 1. The predicted molar refractivity (Wildman–Crippen MR) is 102 cm³/mol. The van der Waals surface area contributed by atoms with Crippen LogP contribution in [-0.4, -0.2) is 44.8 Å². The van der Waals surface area contributed by atoms with Crippen LogP contribution in [0.5, 0.6) is 0 Å². The van der Waals surface area contributed by atoms with E-state index in [0.29, 0.717) is 36.9 Å². The zero-order valence-corrected chi connectivity index (χ0v) is 16.4. The summed E-state index contributed by atoms with van der Waals surface area (Å²) < 4.78 is 49.6. The van der Waals surface area contributed by atoms with Gasteiger partial charge in [0.05, 0.1) is 30.2 Å². The number of nitrogens with one attached hydrogen (secondary N) is 1. The second-order valence-corrected chi connectivity index (χ2v) is 7.30. The highest BCUT2D eigenvalue weighted by atomic mass is 32.1. The molecule has 1 aromatic heterocycles. The molecule has 156 valence electrons. The van der Waals surface area contributed by atoms with Crippen molar-refractivity contribution in [1.29, 1.82) is 0 Å². The molecule has 6 nitrogen and oxygen atoms in total. The number of carbonyl (C=O) groups is 2. The van der Waals surface area contributed by atoms with Crippen LogP contribution >= 0.6 is 11.3 Å². The first-order chi connectivity index (χ1) is 13.8. The Morgan fingerprint density at radius 3 is 2.59 bits per heavy atom. The highest BCUT2D eigenvalue weighted by Crippen LogP contribution is 2.35. The third-order valence-corrected chi connectivity index (χ3v) is 5.33. The number of thiophene rings is 1. The average Bonchev–Trinajstić information content (AvgIpc) is 3.12. The molecule has 1 fully saturated rings. The molecule has 0 saturated carbocycles. The number of ether oxygens (including phenoxy) is 2. The van der Waals surface area contributed by atoms with E-state index in [1.807, 2.05) is 4.90 Å². The number of anilines is 2. The molecule has 0 radical (unpaired) electrons. The summed E-state index contributed by atoms with van der Waals surface area (Å²) in [6, 6.07) is 4.93. The largest absolute Gasteiger partial charge is 0.451 e. The first-order valence-electron chi connectivity index (χ1n) is 8.80. The molecule has 0 aliphatic carbocycles. The van der Waals surface area contributed by atoms with E-state index in [1.54, 1.807) is 18.4 Å². The Balaban J connectivity index is 1.73. The fraction of sp³-hybridized carbons (Fsp3) is 0.368. The maximum atomic E-state index is 13.1. The predicted octanol–water partition coefficient (Wildman–Crippen LogP) is 3.71. The van der Waals surface area contributed by atoms with Crippen molar-refractivity contribution in [2.75, 3.05) is 43.1 Å². The molecule has 2 aromatic rings. The van der Waals surface area contributed by atoms with Gasteiger partial charge in [-0.2, -0.15) is 13.2 Å². The van der Waals surface area contributed by atoms with Crippen molar-refractivity contribution >= 4 is 34.6 Å². The van der Waals surface area contributed by atoms with Crippen LogP contribution in [-0.2, 0) is 20.4 Å². The van der Waals surface area contributed by atoms with Crippen LogP contribution in [0.4, 0.5) is 24.5 Å². The van der Waals surface area contributed by atoms with Gasteiger partial charge in [-0.1, -0.05) is 0 Å². The molecule has 0 atom stereocenters. The summed E-state index contributed by atoms with van der Waals surface area (Å²) in [7, 11) is 0. The summed E-state index contributed by atoms with van der Waals surface area (Å²) in [6.45, 7) is 2.99. The summed E-state index contributed by atoms with van der Waals surface area (Å²) in [5.41, 5.74) is 0.314. The van der Waals surface area contributed by atoms with E-state index >= 15 is 0 Å². The van der Waals surface area contributed by atoms with E-state index in [4.69, 9.17) is 9.47 Å². The lowest BCUT2D eigenvalue weighted by molar-refractivity contribution is -0.137. The molecule has 29 heavy (non-hydrogen) atoms. The van der Waals surface area contributed by atoms with Gasteiger partial charge < -0.3 is 19.7 Å². The summed E-state index contributed by atoms with van der Waals surface area (Å²) in [6.07, 6.45) is -4.55. The number of carbonyl (C=O) groups excluding carboxylic acids is 2. The minimum Gasteiger partial charge on any atom is -0.451 e. The minimum atomic E-state index is -4.55. The highest BCUT2D eigenvalue weighted by Gasteiger charge is 2.32. The van der Waals surface area contributed by atoms with E-state index in [0.717, 1.165) is 17.7 Å². The smallest absolute Gasteiger partial charge is 0.416 e. The Labute approximate surface area is 169 Å². The van der Waals surface area contributed by atoms with Crippen molar-refractivity contribution in [3.8, 4) is 0 Å². The zero-order valence-electron chi connectivity index (χ0n) is 15.5. The molecule has 1 aliphatic rings. The maximum absolute atomic E-state index is 13.1. The minimum absolute atomic E-state index is 0.00933. The Morgan fingerprint density at radius 2 is 1.97 bits per heavy atom. The molecule has 0 spiro atoms. The summed E-state index contributed by atoms with van der Waals surface area (Å²) in [5.74, 6) is -1.37. The zero-order chi connectivity index (χ0) is 21.0. The number of esters is 1. The third kappa shape index (κ3) is 5.27. The van der Waals surface area contributed by atoms with Gasteiger partial charge in [0.15, 0.2) is 6.61 Å². The van der Waals surface area contributed by atoms with Crippen LogP contribution in [0.3, 0.4) is 0 Å². The van der Waals surface area contributed by atoms with Gasteiger partial charge in [-0.05, 0) is 42.1 Å². The molecule has 10 heteroatoms. The molecular formula is C19H19F3N2O4S.